The molecule has 5 heteroatoms. The van der Waals surface area contributed by atoms with Crippen LogP contribution in [0, 0.1) is 6.92 Å². The van der Waals surface area contributed by atoms with E-state index >= 15 is 0 Å². The van der Waals surface area contributed by atoms with Gasteiger partial charge in [-0.2, -0.15) is 0 Å². The number of aryl methyl sites for hydroxylation is 1. The van der Waals surface area contributed by atoms with Crippen molar-refractivity contribution in [2.45, 2.75) is 13.8 Å². The highest BCUT2D eigenvalue weighted by atomic mass is 35.5. The van der Waals surface area contributed by atoms with E-state index in [1.54, 1.807) is 17.0 Å². The Balaban J connectivity index is 2.34. The fraction of sp³-hybridized carbons (Fsp3) is 0.214. The van der Waals surface area contributed by atoms with Gasteiger partial charge in [-0.25, -0.2) is 0 Å². The van der Waals surface area contributed by atoms with Crippen LogP contribution in [0.2, 0.25) is 5.02 Å². The number of thiophene rings is 1. The molecule has 0 radical (unpaired) electrons. The van der Waals surface area contributed by atoms with Crippen molar-refractivity contribution in [1.29, 1.82) is 0 Å². The second kappa shape index (κ2) is 5.63. The summed E-state index contributed by atoms with van der Waals surface area (Å²) in [6.07, 6.45) is 0. The van der Waals surface area contributed by atoms with Crippen LogP contribution < -0.4 is 10.6 Å². The number of benzene rings is 1. The summed E-state index contributed by atoms with van der Waals surface area (Å²) in [6.45, 7) is 4.41. The van der Waals surface area contributed by atoms with Gasteiger partial charge in [-0.1, -0.05) is 11.6 Å². The number of nitrogen functional groups attached to an aromatic ring is 1. The molecule has 0 aliphatic heterocycles. The van der Waals surface area contributed by atoms with Gasteiger partial charge in [-0.05, 0) is 49.1 Å². The van der Waals surface area contributed by atoms with Crippen LogP contribution in [0.1, 0.15) is 22.2 Å². The van der Waals surface area contributed by atoms with Gasteiger partial charge in [-0.15, -0.1) is 11.3 Å². The Morgan fingerprint density at radius 3 is 2.47 bits per heavy atom. The lowest BCUT2D eigenvalue weighted by molar-refractivity contribution is 0.0992. The van der Waals surface area contributed by atoms with Crippen LogP contribution in [0.3, 0.4) is 0 Å². The number of nitrogens with two attached hydrogens (primary N) is 1. The Labute approximate surface area is 121 Å². The van der Waals surface area contributed by atoms with Crippen LogP contribution in [-0.2, 0) is 0 Å². The third kappa shape index (κ3) is 2.74. The quantitative estimate of drug-likeness (QED) is 0.871. The molecule has 0 spiro atoms. The second-order valence-electron chi connectivity index (χ2n) is 4.20. The number of carbonyl (C=O) groups is 1. The topological polar surface area (TPSA) is 46.3 Å². The average Bonchev–Trinajstić information content (AvgIpc) is 2.73. The number of carbonyl (C=O) groups excluding carboxylic acids is 1. The molecule has 0 fully saturated rings. The van der Waals surface area contributed by atoms with Crippen molar-refractivity contribution in [3.05, 3.63) is 45.1 Å². The Kier molecular flexibility index (Phi) is 4.12. The van der Waals surface area contributed by atoms with E-state index in [0.29, 0.717) is 22.1 Å². The summed E-state index contributed by atoms with van der Waals surface area (Å²) in [7, 11) is 0. The first-order valence-electron chi connectivity index (χ1n) is 5.95. The van der Waals surface area contributed by atoms with E-state index in [4.69, 9.17) is 17.3 Å². The van der Waals surface area contributed by atoms with Crippen molar-refractivity contribution < 1.29 is 4.79 Å². The van der Waals surface area contributed by atoms with Crippen LogP contribution in [-0.4, -0.2) is 12.5 Å². The first kappa shape index (κ1) is 13.9. The van der Waals surface area contributed by atoms with E-state index in [0.717, 1.165) is 11.3 Å². The van der Waals surface area contributed by atoms with E-state index in [-0.39, 0.29) is 5.91 Å². The fourth-order valence-electron chi connectivity index (χ4n) is 1.79. The Bertz CT molecular complexity index is 592. The number of hydrogen-bond acceptors (Lipinski definition) is 3. The van der Waals surface area contributed by atoms with Gasteiger partial charge in [0.25, 0.3) is 5.91 Å². The standard InChI is InChI=1S/C14H15ClN2OS/c1-3-17(11-6-4-10(16)5-7-11)14(18)13-12(15)9(2)8-19-13/h4-8H,3,16H2,1-2H3. The summed E-state index contributed by atoms with van der Waals surface area (Å²) in [6, 6.07) is 7.25. The molecular weight excluding hydrogens is 280 g/mol. The van der Waals surface area contributed by atoms with Crippen LogP contribution in [0.5, 0.6) is 0 Å². The van der Waals surface area contributed by atoms with E-state index in [9.17, 15) is 4.79 Å². The van der Waals surface area contributed by atoms with Gasteiger partial charge in [0.15, 0.2) is 0 Å². The van der Waals surface area contributed by atoms with E-state index in [1.165, 1.54) is 11.3 Å². The molecular formula is C14H15ClN2OS. The van der Waals surface area contributed by atoms with Gasteiger partial charge in [0.1, 0.15) is 4.88 Å². The summed E-state index contributed by atoms with van der Waals surface area (Å²) in [5, 5.41) is 2.44. The van der Waals surface area contributed by atoms with Crippen LogP contribution in [0.4, 0.5) is 11.4 Å². The van der Waals surface area contributed by atoms with Gasteiger partial charge in [0, 0.05) is 17.9 Å². The summed E-state index contributed by atoms with van der Waals surface area (Å²) in [5.41, 5.74) is 8.10. The average molecular weight is 295 g/mol. The zero-order valence-corrected chi connectivity index (χ0v) is 12.4. The summed E-state index contributed by atoms with van der Waals surface area (Å²) in [5.74, 6) is -0.0737. The first-order chi connectivity index (χ1) is 9.04. The molecule has 1 aromatic heterocycles. The Morgan fingerprint density at radius 2 is 2.00 bits per heavy atom. The fourth-order valence-corrected chi connectivity index (χ4v) is 3.02. The van der Waals surface area contributed by atoms with Gasteiger partial charge in [-0.3, -0.25) is 4.79 Å². The normalized spacial score (nSPS) is 10.5. The molecule has 0 aliphatic carbocycles. The molecule has 0 atom stereocenters. The predicted octanol–water partition coefficient (Wildman–Crippen LogP) is 3.96. The summed E-state index contributed by atoms with van der Waals surface area (Å²) >= 11 is 7.54. The highest BCUT2D eigenvalue weighted by molar-refractivity contribution is 7.13. The monoisotopic (exact) mass is 294 g/mol. The van der Waals surface area contributed by atoms with Crippen molar-refractivity contribution in [3.8, 4) is 0 Å². The lowest BCUT2D eigenvalue weighted by atomic mass is 10.2. The molecule has 0 aliphatic rings. The number of nitrogens with zero attached hydrogens (tertiary/aromatic N) is 1. The SMILES string of the molecule is CCN(C(=O)c1scc(C)c1Cl)c1ccc(N)cc1. The molecule has 0 bridgehead atoms. The summed E-state index contributed by atoms with van der Waals surface area (Å²) < 4.78 is 0. The minimum Gasteiger partial charge on any atom is -0.399 e. The van der Waals surface area contributed by atoms with Gasteiger partial charge >= 0.3 is 0 Å². The minimum atomic E-state index is -0.0737. The van der Waals surface area contributed by atoms with E-state index in [1.807, 2.05) is 31.4 Å². The van der Waals surface area contributed by atoms with E-state index < -0.39 is 0 Å². The van der Waals surface area contributed by atoms with Crippen molar-refractivity contribution in [3.63, 3.8) is 0 Å². The molecule has 3 nitrogen and oxygen atoms in total. The maximum atomic E-state index is 12.5. The molecule has 2 aromatic rings. The highest BCUT2D eigenvalue weighted by Gasteiger charge is 2.21. The lowest BCUT2D eigenvalue weighted by Crippen LogP contribution is -2.30. The minimum absolute atomic E-state index is 0.0737. The first-order valence-corrected chi connectivity index (χ1v) is 7.21. The predicted molar refractivity (Wildman–Crippen MR) is 82.3 cm³/mol. The number of rotatable bonds is 3. The van der Waals surface area contributed by atoms with Gasteiger partial charge in [0.05, 0.1) is 5.02 Å². The maximum Gasteiger partial charge on any atom is 0.269 e. The molecule has 19 heavy (non-hydrogen) atoms. The second-order valence-corrected chi connectivity index (χ2v) is 5.46. The molecule has 1 heterocycles. The molecule has 0 unspecified atom stereocenters. The lowest BCUT2D eigenvalue weighted by Gasteiger charge is -2.20. The Morgan fingerprint density at radius 1 is 1.37 bits per heavy atom. The third-order valence-electron chi connectivity index (χ3n) is 2.86. The highest BCUT2D eigenvalue weighted by Crippen LogP contribution is 2.30. The van der Waals surface area contributed by atoms with Crippen molar-refractivity contribution in [2.75, 3.05) is 17.2 Å². The van der Waals surface area contributed by atoms with E-state index in [2.05, 4.69) is 0 Å². The molecule has 1 amide bonds. The number of anilines is 2. The number of amides is 1. The zero-order valence-electron chi connectivity index (χ0n) is 10.8. The Hall–Kier alpha value is -1.52. The number of halogens is 1. The molecule has 100 valence electrons. The molecule has 0 saturated carbocycles. The molecule has 1 aromatic carbocycles. The van der Waals surface area contributed by atoms with Crippen molar-refractivity contribution >= 4 is 40.2 Å². The molecule has 0 saturated heterocycles. The smallest absolute Gasteiger partial charge is 0.269 e. The number of hydrogen-bond donors (Lipinski definition) is 1. The van der Waals surface area contributed by atoms with Gasteiger partial charge in [0.2, 0.25) is 0 Å². The largest absolute Gasteiger partial charge is 0.399 e. The molecule has 2 N–H and O–H groups in total. The van der Waals surface area contributed by atoms with Crippen LogP contribution in [0.15, 0.2) is 29.6 Å². The van der Waals surface area contributed by atoms with Crippen LogP contribution in [0.25, 0.3) is 0 Å². The summed E-state index contributed by atoms with van der Waals surface area (Å²) in [4.78, 5) is 14.8. The van der Waals surface area contributed by atoms with Crippen LogP contribution >= 0.6 is 22.9 Å². The third-order valence-corrected chi connectivity index (χ3v) is 4.54. The van der Waals surface area contributed by atoms with Crippen molar-refractivity contribution in [1.82, 2.24) is 0 Å². The van der Waals surface area contributed by atoms with Crippen molar-refractivity contribution in [2.24, 2.45) is 0 Å². The van der Waals surface area contributed by atoms with Gasteiger partial charge < -0.3 is 10.6 Å². The molecule has 2 rings (SSSR count). The zero-order chi connectivity index (χ0) is 14.0. The maximum absolute atomic E-state index is 12.5.